The minimum Gasteiger partial charge on any atom is -0.210 e. The summed E-state index contributed by atoms with van der Waals surface area (Å²) in [4.78, 5) is -0.378. The number of nitrogens with zero attached hydrogens (tertiary/aromatic N) is 1. The number of nitriles is 1. The van der Waals surface area contributed by atoms with Crippen LogP contribution in [-0.4, -0.2) is 15.0 Å². The highest BCUT2D eigenvalue weighted by atomic mass is 32.2. The molecule has 0 spiro atoms. The molecule has 1 aromatic rings. The number of hydrogen-bond acceptors (Lipinski definition) is 3. The van der Waals surface area contributed by atoms with Gasteiger partial charge >= 0.3 is 0 Å². The lowest BCUT2D eigenvalue weighted by molar-refractivity contribution is 0.577. The molecule has 0 fully saturated rings. The van der Waals surface area contributed by atoms with E-state index in [1.165, 1.54) is 18.2 Å². The second-order valence-electron chi connectivity index (χ2n) is 3.08. The Morgan fingerprint density at radius 1 is 1.47 bits per heavy atom. The SMILES string of the molecule is C#CCCNS(=O)(=O)c1cccc(F)c1C#N. The van der Waals surface area contributed by atoms with E-state index in [-0.39, 0.29) is 17.9 Å². The zero-order chi connectivity index (χ0) is 12.9. The highest BCUT2D eigenvalue weighted by Gasteiger charge is 2.20. The van der Waals surface area contributed by atoms with E-state index in [1.807, 2.05) is 0 Å². The van der Waals surface area contributed by atoms with Gasteiger partial charge in [0.2, 0.25) is 10.0 Å². The number of rotatable bonds is 4. The first-order valence-electron chi connectivity index (χ1n) is 4.64. The molecular weight excluding hydrogens is 243 g/mol. The number of terminal acetylenes is 1. The molecule has 0 aromatic heterocycles. The van der Waals surface area contributed by atoms with Crippen LogP contribution >= 0.6 is 0 Å². The molecule has 0 radical (unpaired) electrons. The van der Waals surface area contributed by atoms with Gasteiger partial charge in [-0.1, -0.05) is 6.07 Å². The van der Waals surface area contributed by atoms with Crippen molar-refractivity contribution in [3.8, 4) is 18.4 Å². The molecule has 0 aliphatic rings. The Labute approximate surface area is 99.1 Å². The quantitative estimate of drug-likeness (QED) is 0.642. The second kappa shape index (κ2) is 5.44. The molecule has 0 unspecified atom stereocenters. The Morgan fingerprint density at radius 3 is 2.76 bits per heavy atom. The fourth-order valence-corrected chi connectivity index (χ4v) is 2.37. The summed E-state index contributed by atoms with van der Waals surface area (Å²) in [7, 11) is -3.91. The third-order valence-corrected chi connectivity index (χ3v) is 3.44. The van der Waals surface area contributed by atoms with Crippen LogP contribution in [0.5, 0.6) is 0 Å². The first-order chi connectivity index (χ1) is 8.03. The van der Waals surface area contributed by atoms with Gasteiger partial charge in [-0.15, -0.1) is 12.3 Å². The number of hydrogen-bond donors (Lipinski definition) is 1. The minimum atomic E-state index is -3.91. The van der Waals surface area contributed by atoms with Crippen LogP contribution < -0.4 is 4.72 Å². The van der Waals surface area contributed by atoms with Crippen LogP contribution in [0.3, 0.4) is 0 Å². The Morgan fingerprint density at radius 2 is 2.18 bits per heavy atom. The van der Waals surface area contributed by atoms with Crippen LogP contribution in [0.1, 0.15) is 12.0 Å². The maximum atomic E-state index is 13.2. The fourth-order valence-electron chi connectivity index (χ4n) is 1.17. The highest BCUT2D eigenvalue weighted by Crippen LogP contribution is 2.17. The largest absolute Gasteiger partial charge is 0.242 e. The van der Waals surface area contributed by atoms with Crippen LogP contribution in [0, 0.1) is 29.5 Å². The maximum Gasteiger partial charge on any atom is 0.242 e. The molecule has 0 heterocycles. The number of nitrogens with one attached hydrogen (secondary N) is 1. The molecule has 0 aliphatic heterocycles. The van der Waals surface area contributed by atoms with Crippen molar-refractivity contribution in [3.63, 3.8) is 0 Å². The van der Waals surface area contributed by atoms with Crippen molar-refractivity contribution in [2.45, 2.75) is 11.3 Å². The minimum absolute atomic E-state index is 0.0419. The van der Waals surface area contributed by atoms with Crippen molar-refractivity contribution in [1.29, 1.82) is 5.26 Å². The molecule has 17 heavy (non-hydrogen) atoms. The van der Waals surface area contributed by atoms with Gasteiger partial charge in [-0.25, -0.2) is 17.5 Å². The zero-order valence-electron chi connectivity index (χ0n) is 8.77. The zero-order valence-corrected chi connectivity index (χ0v) is 9.59. The van der Waals surface area contributed by atoms with Gasteiger partial charge in [-0.2, -0.15) is 5.26 Å². The van der Waals surface area contributed by atoms with Crippen molar-refractivity contribution in [2.75, 3.05) is 6.54 Å². The normalized spacial score (nSPS) is 10.5. The van der Waals surface area contributed by atoms with Gasteiger partial charge in [-0.05, 0) is 12.1 Å². The summed E-state index contributed by atoms with van der Waals surface area (Å²) >= 11 is 0. The molecule has 0 saturated carbocycles. The predicted octanol–water partition coefficient (Wildman–Crippen LogP) is 0.999. The van der Waals surface area contributed by atoms with E-state index >= 15 is 0 Å². The van der Waals surface area contributed by atoms with Gasteiger partial charge in [0, 0.05) is 13.0 Å². The summed E-state index contributed by atoms with van der Waals surface area (Å²) in [6.45, 7) is 0.0419. The summed E-state index contributed by atoms with van der Waals surface area (Å²) in [6.07, 6.45) is 5.20. The van der Waals surface area contributed by atoms with Crippen molar-refractivity contribution < 1.29 is 12.8 Å². The Balaban J connectivity index is 3.13. The van der Waals surface area contributed by atoms with Crippen LogP contribution in [-0.2, 0) is 10.0 Å². The number of sulfonamides is 1. The van der Waals surface area contributed by atoms with Crippen LogP contribution in [0.4, 0.5) is 4.39 Å². The molecule has 1 aromatic carbocycles. The lowest BCUT2D eigenvalue weighted by Crippen LogP contribution is -2.25. The van der Waals surface area contributed by atoms with Crippen molar-refractivity contribution in [3.05, 3.63) is 29.6 Å². The molecule has 0 saturated heterocycles. The Bertz CT molecular complexity index is 597. The topological polar surface area (TPSA) is 70.0 Å². The third kappa shape index (κ3) is 3.04. The van der Waals surface area contributed by atoms with Gasteiger partial charge in [0.1, 0.15) is 22.3 Å². The van der Waals surface area contributed by atoms with Gasteiger partial charge in [0.15, 0.2) is 0 Å². The van der Waals surface area contributed by atoms with Crippen molar-refractivity contribution >= 4 is 10.0 Å². The molecule has 1 N–H and O–H groups in total. The molecule has 1 rings (SSSR count). The summed E-state index contributed by atoms with van der Waals surface area (Å²) in [5, 5.41) is 8.72. The second-order valence-corrected chi connectivity index (χ2v) is 4.81. The molecule has 88 valence electrons. The van der Waals surface area contributed by atoms with Gasteiger partial charge in [0.05, 0.1) is 0 Å². The number of benzene rings is 1. The van der Waals surface area contributed by atoms with E-state index in [0.717, 1.165) is 6.07 Å². The van der Waals surface area contributed by atoms with E-state index in [2.05, 4.69) is 10.6 Å². The van der Waals surface area contributed by atoms with Crippen LogP contribution in [0.25, 0.3) is 0 Å². The third-order valence-electron chi connectivity index (χ3n) is 1.94. The summed E-state index contributed by atoms with van der Waals surface area (Å²) in [5.74, 6) is 1.40. The van der Waals surface area contributed by atoms with E-state index in [1.54, 1.807) is 0 Å². The number of halogens is 1. The molecule has 0 aliphatic carbocycles. The Kier molecular flexibility index (Phi) is 4.22. The molecule has 0 atom stereocenters. The van der Waals surface area contributed by atoms with Crippen molar-refractivity contribution in [1.82, 2.24) is 4.72 Å². The standard InChI is InChI=1S/C11H9FN2O2S/c1-2-3-7-14-17(15,16)11-6-4-5-10(12)9(11)8-13/h1,4-6,14H,3,7H2. The van der Waals surface area contributed by atoms with E-state index in [0.29, 0.717) is 0 Å². The van der Waals surface area contributed by atoms with Gasteiger partial charge in [-0.3, -0.25) is 0 Å². The molecule has 0 amide bonds. The van der Waals surface area contributed by atoms with Gasteiger partial charge < -0.3 is 0 Å². The summed E-state index contributed by atoms with van der Waals surface area (Å²) in [6, 6.07) is 4.95. The fraction of sp³-hybridized carbons (Fsp3) is 0.182. The Hall–Kier alpha value is -1.89. The first kappa shape index (κ1) is 13.2. The first-order valence-corrected chi connectivity index (χ1v) is 6.13. The average Bonchev–Trinajstić information content (AvgIpc) is 2.29. The predicted molar refractivity (Wildman–Crippen MR) is 59.8 cm³/mol. The lowest BCUT2D eigenvalue weighted by atomic mass is 10.2. The van der Waals surface area contributed by atoms with E-state index in [9.17, 15) is 12.8 Å². The lowest BCUT2D eigenvalue weighted by Gasteiger charge is -2.07. The van der Waals surface area contributed by atoms with E-state index < -0.39 is 21.4 Å². The average molecular weight is 252 g/mol. The molecule has 0 bridgehead atoms. The molecule has 6 heteroatoms. The van der Waals surface area contributed by atoms with Crippen molar-refractivity contribution in [2.24, 2.45) is 0 Å². The summed E-state index contributed by atoms with van der Waals surface area (Å²) < 4.78 is 38.9. The monoisotopic (exact) mass is 252 g/mol. The smallest absolute Gasteiger partial charge is 0.210 e. The molecular formula is C11H9FN2O2S. The van der Waals surface area contributed by atoms with Crippen LogP contribution in [0.2, 0.25) is 0 Å². The summed E-state index contributed by atoms with van der Waals surface area (Å²) in [5.41, 5.74) is -0.499. The highest BCUT2D eigenvalue weighted by molar-refractivity contribution is 7.89. The van der Waals surface area contributed by atoms with E-state index in [4.69, 9.17) is 11.7 Å². The van der Waals surface area contributed by atoms with Crippen LogP contribution in [0.15, 0.2) is 23.1 Å². The van der Waals surface area contributed by atoms with Gasteiger partial charge in [0.25, 0.3) is 0 Å². The molecule has 4 nitrogen and oxygen atoms in total. The maximum absolute atomic E-state index is 13.2.